The fourth-order valence-corrected chi connectivity index (χ4v) is 2.17. The number of nitrogens with one attached hydrogen (secondary N) is 1. The van der Waals surface area contributed by atoms with Gasteiger partial charge in [0.1, 0.15) is 0 Å². The molecular formula is C7H11ClF3N. The van der Waals surface area contributed by atoms with E-state index in [0.29, 0.717) is 13.0 Å². The van der Waals surface area contributed by atoms with Gasteiger partial charge in [-0.1, -0.05) is 0 Å². The molecule has 1 aliphatic carbocycles. The SMILES string of the molecule is Cl.FC(F)(F)C12CCC1CNC2. The number of alkyl halides is 3. The van der Waals surface area contributed by atoms with Crippen molar-refractivity contribution in [2.75, 3.05) is 13.1 Å². The number of fused-ring (bicyclic) bond motifs is 1. The summed E-state index contributed by atoms with van der Waals surface area (Å²) in [5.74, 6) is -0.137. The van der Waals surface area contributed by atoms with E-state index in [1.54, 1.807) is 0 Å². The first-order valence-electron chi connectivity index (χ1n) is 3.84. The first kappa shape index (κ1) is 10.1. The molecule has 0 aromatic rings. The number of rotatable bonds is 0. The van der Waals surface area contributed by atoms with Crippen molar-refractivity contribution in [3.05, 3.63) is 0 Å². The lowest BCUT2D eigenvalue weighted by Crippen LogP contribution is -2.51. The monoisotopic (exact) mass is 201 g/mol. The highest BCUT2D eigenvalue weighted by Gasteiger charge is 2.65. The topological polar surface area (TPSA) is 12.0 Å². The third kappa shape index (κ3) is 1.04. The van der Waals surface area contributed by atoms with Crippen LogP contribution in [-0.4, -0.2) is 19.3 Å². The van der Waals surface area contributed by atoms with Crippen molar-refractivity contribution in [1.82, 2.24) is 5.32 Å². The van der Waals surface area contributed by atoms with Gasteiger partial charge in [0.15, 0.2) is 0 Å². The highest BCUT2D eigenvalue weighted by Crippen LogP contribution is 2.58. The molecule has 5 heteroatoms. The van der Waals surface area contributed by atoms with Gasteiger partial charge in [-0.15, -0.1) is 12.4 Å². The van der Waals surface area contributed by atoms with E-state index in [4.69, 9.17) is 0 Å². The Morgan fingerprint density at radius 1 is 1.33 bits per heavy atom. The van der Waals surface area contributed by atoms with Crippen molar-refractivity contribution in [3.8, 4) is 0 Å². The molecule has 2 atom stereocenters. The maximum absolute atomic E-state index is 12.4. The van der Waals surface area contributed by atoms with Crippen LogP contribution in [0, 0.1) is 11.3 Å². The van der Waals surface area contributed by atoms with Crippen molar-refractivity contribution in [2.45, 2.75) is 19.0 Å². The summed E-state index contributed by atoms with van der Waals surface area (Å²) in [7, 11) is 0. The molecule has 2 aliphatic rings. The van der Waals surface area contributed by atoms with Gasteiger partial charge < -0.3 is 5.32 Å². The van der Waals surface area contributed by atoms with Crippen molar-refractivity contribution in [2.24, 2.45) is 11.3 Å². The van der Waals surface area contributed by atoms with E-state index in [9.17, 15) is 13.2 Å². The highest BCUT2D eigenvalue weighted by atomic mass is 35.5. The van der Waals surface area contributed by atoms with Crippen molar-refractivity contribution >= 4 is 12.4 Å². The minimum Gasteiger partial charge on any atom is -0.316 e. The van der Waals surface area contributed by atoms with Crippen LogP contribution in [0.1, 0.15) is 12.8 Å². The van der Waals surface area contributed by atoms with Crippen LogP contribution in [-0.2, 0) is 0 Å². The van der Waals surface area contributed by atoms with E-state index in [1.165, 1.54) is 0 Å². The van der Waals surface area contributed by atoms with Crippen LogP contribution in [0.25, 0.3) is 0 Å². The fraction of sp³-hybridized carbons (Fsp3) is 1.00. The molecule has 1 N–H and O–H groups in total. The molecule has 2 fully saturated rings. The molecule has 72 valence electrons. The van der Waals surface area contributed by atoms with Crippen LogP contribution >= 0.6 is 12.4 Å². The summed E-state index contributed by atoms with van der Waals surface area (Å²) >= 11 is 0. The number of hydrogen-bond donors (Lipinski definition) is 1. The summed E-state index contributed by atoms with van der Waals surface area (Å²) in [5, 5.41) is 2.81. The van der Waals surface area contributed by atoms with Gasteiger partial charge in [0.25, 0.3) is 0 Å². The van der Waals surface area contributed by atoms with Gasteiger partial charge in [0, 0.05) is 6.54 Å². The van der Waals surface area contributed by atoms with Gasteiger partial charge >= 0.3 is 6.18 Å². The van der Waals surface area contributed by atoms with Gasteiger partial charge in [0.05, 0.1) is 5.41 Å². The lowest BCUT2D eigenvalue weighted by Gasteiger charge is -2.45. The normalized spacial score (nSPS) is 39.8. The molecule has 1 aliphatic heterocycles. The summed E-state index contributed by atoms with van der Waals surface area (Å²) in [5.41, 5.74) is -1.34. The van der Waals surface area contributed by atoms with Crippen LogP contribution in [0.2, 0.25) is 0 Å². The van der Waals surface area contributed by atoms with E-state index in [1.807, 2.05) is 0 Å². The Kier molecular flexibility index (Phi) is 2.34. The molecule has 1 saturated carbocycles. The first-order chi connectivity index (χ1) is 5.06. The molecule has 2 rings (SSSR count). The number of hydrogen-bond acceptors (Lipinski definition) is 1. The minimum absolute atomic E-state index is 0. The Morgan fingerprint density at radius 2 is 2.00 bits per heavy atom. The van der Waals surface area contributed by atoms with Gasteiger partial charge in [-0.05, 0) is 25.3 Å². The van der Waals surface area contributed by atoms with Crippen LogP contribution < -0.4 is 5.32 Å². The quantitative estimate of drug-likeness (QED) is 0.632. The van der Waals surface area contributed by atoms with E-state index in [2.05, 4.69) is 5.32 Å². The molecule has 1 nitrogen and oxygen atoms in total. The van der Waals surface area contributed by atoms with Crippen molar-refractivity contribution in [1.29, 1.82) is 0 Å². The Morgan fingerprint density at radius 3 is 2.25 bits per heavy atom. The smallest absolute Gasteiger partial charge is 0.316 e. The summed E-state index contributed by atoms with van der Waals surface area (Å²) < 4.78 is 37.2. The van der Waals surface area contributed by atoms with Crippen LogP contribution in [0.3, 0.4) is 0 Å². The average Bonchev–Trinajstić information content (AvgIpc) is 2.06. The van der Waals surface area contributed by atoms with Crippen LogP contribution in [0.5, 0.6) is 0 Å². The molecule has 0 aromatic heterocycles. The van der Waals surface area contributed by atoms with Crippen LogP contribution in [0.15, 0.2) is 0 Å². The van der Waals surface area contributed by atoms with Crippen LogP contribution in [0.4, 0.5) is 13.2 Å². The summed E-state index contributed by atoms with van der Waals surface area (Å²) in [6, 6.07) is 0. The maximum Gasteiger partial charge on any atom is 0.396 e. The van der Waals surface area contributed by atoms with E-state index < -0.39 is 11.6 Å². The molecule has 0 spiro atoms. The predicted molar refractivity (Wildman–Crippen MR) is 41.3 cm³/mol. The van der Waals surface area contributed by atoms with Crippen molar-refractivity contribution < 1.29 is 13.2 Å². The predicted octanol–water partition coefficient (Wildman–Crippen LogP) is 1.97. The lowest BCUT2D eigenvalue weighted by atomic mass is 9.61. The highest BCUT2D eigenvalue weighted by molar-refractivity contribution is 5.85. The van der Waals surface area contributed by atoms with E-state index >= 15 is 0 Å². The van der Waals surface area contributed by atoms with E-state index in [-0.39, 0.29) is 24.9 Å². The molecule has 12 heavy (non-hydrogen) atoms. The molecule has 0 bridgehead atoms. The van der Waals surface area contributed by atoms with Gasteiger partial charge in [-0.2, -0.15) is 13.2 Å². The van der Waals surface area contributed by atoms with E-state index in [0.717, 1.165) is 6.42 Å². The van der Waals surface area contributed by atoms with Crippen molar-refractivity contribution in [3.63, 3.8) is 0 Å². The zero-order valence-corrected chi connectivity index (χ0v) is 7.26. The average molecular weight is 202 g/mol. The summed E-state index contributed by atoms with van der Waals surface area (Å²) in [6.07, 6.45) is -2.92. The zero-order valence-electron chi connectivity index (χ0n) is 6.45. The molecular weight excluding hydrogens is 191 g/mol. The number of halogens is 4. The fourth-order valence-electron chi connectivity index (χ4n) is 2.17. The molecule has 0 radical (unpaired) electrons. The molecule has 0 amide bonds. The molecule has 1 saturated heterocycles. The van der Waals surface area contributed by atoms with Gasteiger partial charge in [-0.3, -0.25) is 0 Å². The first-order valence-corrected chi connectivity index (χ1v) is 3.84. The Bertz CT molecular complexity index is 182. The largest absolute Gasteiger partial charge is 0.396 e. The second-order valence-corrected chi connectivity index (χ2v) is 3.52. The third-order valence-electron chi connectivity index (χ3n) is 3.12. The second-order valence-electron chi connectivity index (χ2n) is 3.52. The standard InChI is InChI=1S/C7H10F3N.ClH/c8-7(9,10)6-2-1-5(6)3-11-4-6;/h5,11H,1-4H2;1H. The van der Waals surface area contributed by atoms with Gasteiger partial charge in [0.2, 0.25) is 0 Å². The molecule has 1 heterocycles. The maximum atomic E-state index is 12.4. The molecule has 2 unspecified atom stereocenters. The second kappa shape index (κ2) is 2.77. The summed E-state index contributed by atoms with van der Waals surface area (Å²) in [6.45, 7) is 0.695. The third-order valence-corrected chi connectivity index (χ3v) is 3.12. The zero-order chi connectivity index (χ0) is 8.11. The van der Waals surface area contributed by atoms with Gasteiger partial charge in [-0.25, -0.2) is 0 Å². The Hall–Kier alpha value is 0.0400. The minimum atomic E-state index is -3.99. The summed E-state index contributed by atoms with van der Waals surface area (Å²) in [4.78, 5) is 0. The lowest BCUT2D eigenvalue weighted by molar-refractivity contribution is -0.258. The Labute approximate surface area is 75.1 Å². The molecule has 0 aromatic carbocycles. The Balaban J connectivity index is 0.000000720.